The van der Waals surface area contributed by atoms with Crippen LogP contribution in [0.4, 0.5) is 0 Å². The van der Waals surface area contributed by atoms with Crippen LogP contribution < -0.4 is 5.32 Å². The zero-order chi connectivity index (χ0) is 43.1. The van der Waals surface area contributed by atoms with Gasteiger partial charge in [-0.15, -0.1) is 0 Å². The van der Waals surface area contributed by atoms with Gasteiger partial charge in [0.25, 0.3) is 0 Å². The van der Waals surface area contributed by atoms with Gasteiger partial charge in [-0.05, 0) is 77.0 Å². The fourth-order valence-corrected chi connectivity index (χ4v) is 7.77. The van der Waals surface area contributed by atoms with Crippen LogP contribution in [0.25, 0.3) is 0 Å². The van der Waals surface area contributed by atoms with E-state index in [9.17, 15) is 19.8 Å². The molecule has 0 bridgehead atoms. The van der Waals surface area contributed by atoms with Gasteiger partial charge < -0.3 is 20.3 Å². The summed E-state index contributed by atoms with van der Waals surface area (Å²) in [5.41, 5.74) is 0. The molecule has 0 saturated carbocycles. The highest BCUT2D eigenvalue weighted by molar-refractivity contribution is 5.77. The summed E-state index contributed by atoms with van der Waals surface area (Å²) in [6.45, 7) is 6.45. The number of carbonyl (C=O) groups excluding carboxylic acids is 2. The lowest BCUT2D eigenvalue weighted by Gasteiger charge is -2.24. The van der Waals surface area contributed by atoms with Crippen molar-refractivity contribution in [2.75, 3.05) is 6.61 Å². The molecule has 0 aliphatic carbocycles. The Bertz CT molecular complexity index is 977. The maximum atomic E-state index is 13.2. The maximum absolute atomic E-state index is 13.2. The van der Waals surface area contributed by atoms with Crippen LogP contribution in [0.15, 0.2) is 36.5 Å². The minimum atomic E-state index is -0.792. The Morgan fingerprint density at radius 3 is 1.34 bits per heavy atom. The Morgan fingerprint density at radius 2 is 0.864 bits per heavy atom. The van der Waals surface area contributed by atoms with Gasteiger partial charge in [-0.3, -0.25) is 9.59 Å². The molecular formula is C53H99NO5. The first-order valence-electron chi connectivity index (χ1n) is 25.7. The van der Waals surface area contributed by atoms with Crippen molar-refractivity contribution in [3.05, 3.63) is 36.5 Å². The van der Waals surface area contributed by atoms with Crippen LogP contribution in [0.2, 0.25) is 0 Å². The number of carbonyl (C=O) groups is 2. The number of hydrogen-bond donors (Lipinski definition) is 3. The number of rotatable bonds is 46. The summed E-state index contributed by atoms with van der Waals surface area (Å²) >= 11 is 0. The number of esters is 1. The summed E-state index contributed by atoms with van der Waals surface area (Å²) in [7, 11) is 0. The van der Waals surface area contributed by atoms with E-state index in [1.807, 2.05) is 0 Å². The largest absolute Gasteiger partial charge is 0.462 e. The molecule has 3 N–H and O–H groups in total. The Labute approximate surface area is 366 Å². The van der Waals surface area contributed by atoms with E-state index in [1.165, 1.54) is 148 Å². The number of unbranched alkanes of at least 4 members (excludes halogenated alkanes) is 29. The van der Waals surface area contributed by atoms with Gasteiger partial charge >= 0.3 is 5.97 Å². The first kappa shape index (κ1) is 57.1. The zero-order valence-corrected chi connectivity index (χ0v) is 39.4. The van der Waals surface area contributed by atoms with E-state index >= 15 is 0 Å². The quantitative estimate of drug-likeness (QED) is 0.0246. The zero-order valence-electron chi connectivity index (χ0n) is 39.4. The molecule has 0 radical (unpaired) electrons. The number of allylic oxidation sites excluding steroid dienone is 6. The van der Waals surface area contributed by atoms with E-state index in [0.29, 0.717) is 19.3 Å². The Balaban J connectivity index is 4.62. The van der Waals surface area contributed by atoms with Crippen LogP contribution in [0.1, 0.15) is 265 Å². The second kappa shape index (κ2) is 47.1. The average Bonchev–Trinajstić information content (AvgIpc) is 3.23. The van der Waals surface area contributed by atoms with Crippen LogP contribution in [0, 0.1) is 0 Å². The standard InChI is InChI=1S/C53H99NO5/c1-4-7-10-13-16-19-21-23-25-27-28-30-33-35-38-41-44-49(47-52(57)54-50(48-55)51(56)45-42-39-36-32-18-15-12-9-6-3)59-53(58)46-43-40-37-34-31-29-26-24-22-20-17-14-11-8-5-2/h20,22,25,27-28,30,49-51,55-56H,4-19,21,23-24,26,29,31-48H2,1-3H3,(H,54,57)/b22-20-,27-25+,30-28+. The predicted octanol–water partition coefficient (Wildman–Crippen LogP) is 15.3. The third-order valence-corrected chi connectivity index (χ3v) is 11.7. The van der Waals surface area contributed by atoms with E-state index < -0.39 is 18.2 Å². The average molecular weight is 830 g/mol. The molecule has 6 heteroatoms. The minimum Gasteiger partial charge on any atom is -0.462 e. The lowest BCUT2D eigenvalue weighted by molar-refractivity contribution is -0.151. The SMILES string of the molecule is CCCCCC/C=C\CCCCCCCCCC(=O)OC(CCCCC/C=C/C=C/CCCCCCCCC)CC(=O)NC(CO)C(O)CCCCCCCCCCC. The fraction of sp³-hybridized carbons (Fsp3) is 0.849. The molecule has 0 aliphatic rings. The Hall–Kier alpha value is -1.92. The Morgan fingerprint density at radius 1 is 0.492 bits per heavy atom. The molecule has 0 aromatic heterocycles. The fourth-order valence-electron chi connectivity index (χ4n) is 7.77. The van der Waals surface area contributed by atoms with Crippen molar-refractivity contribution in [2.45, 2.75) is 283 Å². The van der Waals surface area contributed by atoms with E-state index in [4.69, 9.17) is 4.74 Å². The van der Waals surface area contributed by atoms with Gasteiger partial charge in [0.2, 0.25) is 5.91 Å². The van der Waals surface area contributed by atoms with Crippen molar-refractivity contribution in [1.29, 1.82) is 0 Å². The molecule has 0 aliphatic heterocycles. The topological polar surface area (TPSA) is 95.9 Å². The van der Waals surface area contributed by atoms with Gasteiger partial charge in [0.05, 0.1) is 25.2 Å². The number of aliphatic hydroxyl groups excluding tert-OH is 2. The first-order chi connectivity index (χ1) is 29.0. The van der Waals surface area contributed by atoms with Crippen molar-refractivity contribution in [3.8, 4) is 0 Å². The van der Waals surface area contributed by atoms with Gasteiger partial charge in [0.15, 0.2) is 0 Å². The first-order valence-corrected chi connectivity index (χ1v) is 25.7. The number of aliphatic hydroxyl groups is 2. The lowest BCUT2D eigenvalue weighted by atomic mass is 10.0. The van der Waals surface area contributed by atoms with Gasteiger partial charge in [-0.2, -0.15) is 0 Å². The monoisotopic (exact) mass is 830 g/mol. The number of ether oxygens (including phenoxy) is 1. The van der Waals surface area contributed by atoms with Gasteiger partial charge in [0, 0.05) is 6.42 Å². The van der Waals surface area contributed by atoms with Crippen LogP contribution in [0.5, 0.6) is 0 Å². The Kier molecular flexibility index (Phi) is 45.6. The normalized spacial score (nSPS) is 13.5. The highest BCUT2D eigenvalue weighted by Gasteiger charge is 2.24. The summed E-state index contributed by atoms with van der Waals surface area (Å²) in [5.74, 6) is -0.499. The second-order valence-corrected chi connectivity index (χ2v) is 17.6. The van der Waals surface area contributed by atoms with Crippen molar-refractivity contribution < 1.29 is 24.5 Å². The van der Waals surface area contributed by atoms with Gasteiger partial charge in [-0.25, -0.2) is 0 Å². The number of amides is 1. The third kappa shape index (κ3) is 42.6. The molecule has 0 fully saturated rings. The molecule has 0 aromatic carbocycles. The van der Waals surface area contributed by atoms with Crippen LogP contribution in [0.3, 0.4) is 0 Å². The van der Waals surface area contributed by atoms with E-state index in [2.05, 4.69) is 62.5 Å². The number of hydrogen-bond acceptors (Lipinski definition) is 5. The molecule has 346 valence electrons. The molecule has 0 saturated heterocycles. The summed E-state index contributed by atoms with van der Waals surface area (Å²) in [6, 6.07) is -0.707. The molecule has 0 aromatic rings. The molecule has 3 unspecified atom stereocenters. The summed E-state index contributed by atoms with van der Waals surface area (Å²) in [4.78, 5) is 26.1. The van der Waals surface area contributed by atoms with Crippen LogP contribution in [-0.2, 0) is 14.3 Å². The minimum absolute atomic E-state index is 0.0600. The van der Waals surface area contributed by atoms with E-state index in [0.717, 1.165) is 70.6 Å². The lowest BCUT2D eigenvalue weighted by Crippen LogP contribution is -2.46. The molecule has 59 heavy (non-hydrogen) atoms. The summed E-state index contributed by atoms with van der Waals surface area (Å²) < 4.78 is 5.92. The van der Waals surface area contributed by atoms with Crippen LogP contribution >= 0.6 is 0 Å². The summed E-state index contributed by atoms with van der Waals surface area (Å²) in [6.07, 6.45) is 54.9. The summed E-state index contributed by atoms with van der Waals surface area (Å²) in [5, 5.41) is 23.7. The van der Waals surface area contributed by atoms with Crippen molar-refractivity contribution in [1.82, 2.24) is 5.32 Å². The molecule has 1 amide bonds. The molecular weight excluding hydrogens is 731 g/mol. The molecule has 0 heterocycles. The van der Waals surface area contributed by atoms with Crippen LogP contribution in [-0.4, -0.2) is 46.9 Å². The maximum Gasteiger partial charge on any atom is 0.306 e. The highest BCUT2D eigenvalue weighted by atomic mass is 16.5. The van der Waals surface area contributed by atoms with Crippen molar-refractivity contribution in [3.63, 3.8) is 0 Å². The van der Waals surface area contributed by atoms with Crippen molar-refractivity contribution >= 4 is 11.9 Å². The molecule has 6 nitrogen and oxygen atoms in total. The molecule has 0 rings (SSSR count). The molecule has 0 spiro atoms. The van der Waals surface area contributed by atoms with Gasteiger partial charge in [0.1, 0.15) is 6.10 Å². The van der Waals surface area contributed by atoms with Crippen molar-refractivity contribution in [2.24, 2.45) is 0 Å². The van der Waals surface area contributed by atoms with Gasteiger partial charge in [-0.1, -0.05) is 211 Å². The second-order valence-electron chi connectivity index (χ2n) is 17.6. The van der Waals surface area contributed by atoms with E-state index in [-0.39, 0.29) is 24.9 Å². The molecule has 3 atom stereocenters. The third-order valence-electron chi connectivity index (χ3n) is 11.7. The smallest absolute Gasteiger partial charge is 0.306 e. The highest BCUT2D eigenvalue weighted by Crippen LogP contribution is 2.17. The predicted molar refractivity (Wildman–Crippen MR) is 255 cm³/mol. The van der Waals surface area contributed by atoms with E-state index in [1.54, 1.807) is 0 Å². The number of nitrogens with one attached hydrogen (secondary N) is 1.